The summed E-state index contributed by atoms with van der Waals surface area (Å²) >= 11 is 1.66. The monoisotopic (exact) mass is 200 g/mol. The number of hydrogen-bond donors (Lipinski definition) is 2. The summed E-state index contributed by atoms with van der Waals surface area (Å²) in [5.41, 5.74) is 1.12. The van der Waals surface area contributed by atoms with Gasteiger partial charge in [-0.05, 0) is 37.8 Å². The minimum absolute atomic E-state index is 0.533. The Balaban J connectivity index is 2.89. The largest absolute Gasteiger partial charge is 0.344 e. The van der Waals surface area contributed by atoms with Crippen molar-refractivity contribution in [2.75, 3.05) is 20.7 Å². The molecule has 74 valence electrons. The van der Waals surface area contributed by atoms with E-state index in [-0.39, 0.29) is 0 Å². The molecule has 0 spiro atoms. The van der Waals surface area contributed by atoms with Crippen molar-refractivity contribution in [3.63, 3.8) is 0 Å². The van der Waals surface area contributed by atoms with Crippen molar-refractivity contribution >= 4 is 11.3 Å². The molecule has 0 amide bonds. The summed E-state index contributed by atoms with van der Waals surface area (Å²) in [6.07, 6.45) is 0. The Morgan fingerprint density at radius 3 is 2.54 bits per heavy atom. The zero-order valence-corrected chi connectivity index (χ0v) is 9.07. The van der Waals surface area contributed by atoms with Crippen LogP contribution in [0.5, 0.6) is 0 Å². The molecular formula is C9H16N2OS. The van der Waals surface area contributed by atoms with Crippen LogP contribution in [0.3, 0.4) is 0 Å². The van der Waals surface area contributed by atoms with Gasteiger partial charge in [0.2, 0.25) is 5.85 Å². The molecule has 0 atom stereocenters. The second kappa shape index (κ2) is 4.72. The van der Waals surface area contributed by atoms with Gasteiger partial charge in [0.25, 0.3) is 0 Å². The molecular weight excluding hydrogens is 184 g/mol. The lowest BCUT2D eigenvalue weighted by Crippen LogP contribution is -2.52. The number of rotatable bonds is 5. The van der Waals surface area contributed by atoms with Gasteiger partial charge < -0.3 is 4.74 Å². The summed E-state index contributed by atoms with van der Waals surface area (Å²) in [5.74, 6) is -0.533. The number of ether oxygens (including phenoxy) is 1. The summed E-state index contributed by atoms with van der Waals surface area (Å²) in [4.78, 5) is 0. The van der Waals surface area contributed by atoms with E-state index in [2.05, 4.69) is 16.0 Å². The molecule has 0 saturated carbocycles. The van der Waals surface area contributed by atoms with Gasteiger partial charge in [0.05, 0.1) is 0 Å². The molecule has 1 aromatic rings. The molecule has 1 aromatic heterocycles. The smallest absolute Gasteiger partial charge is 0.202 e. The normalized spacial score (nSPS) is 11.9. The van der Waals surface area contributed by atoms with Crippen LogP contribution in [0.1, 0.15) is 12.5 Å². The van der Waals surface area contributed by atoms with Crippen molar-refractivity contribution in [3.8, 4) is 0 Å². The van der Waals surface area contributed by atoms with Crippen molar-refractivity contribution in [1.29, 1.82) is 0 Å². The standard InChI is InChI=1S/C9H16N2OS/c1-4-12-9(10-2,11-3)8-5-6-13-7-8/h5-7,10-11H,4H2,1-3H3. The van der Waals surface area contributed by atoms with Crippen LogP contribution in [0.15, 0.2) is 16.8 Å². The van der Waals surface area contributed by atoms with Crippen LogP contribution in [-0.2, 0) is 10.6 Å². The van der Waals surface area contributed by atoms with Gasteiger partial charge in [-0.1, -0.05) is 0 Å². The van der Waals surface area contributed by atoms with Crippen LogP contribution in [0.25, 0.3) is 0 Å². The summed E-state index contributed by atoms with van der Waals surface area (Å²) < 4.78 is 5.66. The van der Waals surface area contributed by atoms with Crippen LogP contribution < -0.4 is 10.6 Å². The lowest BCUT2D eigenvalue weighted by molar-refractivity contribution is -0.0876. The molecule has 0 fully saturated rings. The van der Waals surface area contributed by atoms with Gasteiger partial charge in [0.15, 0.2) is 0 Å². The number of nitrogens with one attached hydrogen (secondary N) is 2. The second-order valence-electron chi connectivity index (χ2n) is 2.63. The highest BCUT2D eigenvalue weighted by Gasteiger charge is 2.28. The maximum atomic E-state index is 5.66. The Morgan fingerprint density at radius 2 is 2.15 bits per heavy atom. The Hall–Kier alpha value is -0.420. The van der Waals surface area contributed by atoms with Crippen molar-refractivity contribution in [2.24, 2.45) is 0 Å². The van der Waals surface area contributed by atoms with Crippen LogP contribution in [0.4, 0.5) is 0 Å². The molecule has 0 aliphatic rings. The Labute approximate surface area is 83.1 Å². The first-order valence-corrected chi connectivity index (χ1v) is 5.27. The van der Waals surface area contributed by atoms with E-state index in [4.69, 9.17) is 4.74 Å². The van der Waals surface area contributed by atoms with Gasteiger partial charge in [-0.2, -0.15) is 11.3 Å². The maximum Gasteiger partial charge on any atom is 0.202 e. The zero-order valence-electron chi connectivity index (χ0n) is 8.26. The first kappa shape index (κ1) is 10.7. The van der Waals surface area contributed by atoms with E-state index in [1.165, 1.54) is 0 Å². The molecule has 1 rings (SSSR count). The van der Waals surface area contributed by atoms with Gasteiger partial charge >= 0.3 is 0 Å². The van der Waals surface area contributed by atoms with Crippen LogP contribution >= 0.6 is 11.3 Å². The summed E-state index contributed by atoms with van der Waals surface area (Å²) in [7, 11) is 3.76. The van der Waals surface area contributed by atoms with E-state index in [1.807, 2.05) is 32.5 Å². The Morgan fingerprint density at radius 1 is 1.46 bits per heavy atom. The second-order valence-corrected chi connectivity index (χ2v) is 3.41. The van der Waals surface area contributed by atoms with Crippen molar-refractivity contribution in [3.05, 3.63) is 22.4 Å². The van der Waals surface area contributed by atoms with Crippen molar-refractivity contribution < 1.29 is 4.74 Å². The summed E-state index contributed by atoms with van der Waals surface area (Å²) in [5, 5.41) is 10.4. The van der Waals surface area contributed by atoms with Crippen molar-refractivity contribution in [1.82, 2.24) is 10.6 Å². The van der Waals surface area contributed by atoms with Gasteiger partial charge in [-0.15, -0.1) is 0 Å². The zero-order chi connectivity index (χ0) is 9.73. The molecule has 13 heavy (non-hydrogen) atoms. The molecule has 1 heterocycles. The topological polar surface area (TPSA) is 33.3 Å². The maximum absolute atomic E-state index is 5.66. The average Bonchev–Trinajstić information content (AvgIpc) is 2.68. The fraction of sp³-hybridized carbons (Fsp3) is 0.556. The molecule has 0 bridgehead atoms. The Bertz CT molecular complexity index is 232. The van der Waals surface area contributed by atoms with E-state index < -0.39 is 5.85 Å². The predicted octanol–water partition coefficient (Wildman–Crippen LogP) is 1.33. The average molecular weight is 200 g/mol. The van der Waals surface area contributed by atoms with E-state index in [0.29, 0.717) is 6.61 Å². The van der Waals surface area contributed by atoms with Gasteiger partial charge in [0, 0.05) is 12.2 Å². The van der Waals surface area contributed by atoms with Crippen LogP contribution in [0.2, 0.25) is 0 Å². The van der Waals surface area contributed by atoms with Gasteiger partial charge in [0.1, 0.15) is 0 Å². The molecule has 0 aliphatic carbocycles. The highest BCUT2D eigenvalue weighted by molar-refractivity contribution is 7.08. The van der Waals surface area contributed by atoms with Crippen LogP contribution in [0, 0.1) is 0 Å². The first-order chi connectivity index (χ1) is 6.29. The number of hydrogen-bond acceptors (Lipinski definition) is 4. The fourth-order valence-electron chi connectivity index (χ4n) is 1.32. The molecule has 0 aromatic carbocycles. The van der Waals surface area contributed by atoms with Crippen LogP contribution in [-0.4, -0.2) is 20.7 Å². The molecule has 0 saturated heterocycles. The fourth-order valence-corrected chi connectivity index (χ4v) is 2.02. The minimum atomic E-state index is -0.533. The lowest BCUT2D eigenvalue weighted by atomic mass is 10.2. The molecule has 0 radical (unpaired) electrons. The summed E-state index contributed by atoms with van der Waals surface area (Å²) in [6.45, 7) is 2.65. The van der Waals surface area contributed by atoms with E-state index in [0.717, 1.165) is 5.56 Å². The first-order valence-electron chi connectivity index (χ1n) is 4.33. The van der Waals surface area contributed by atoms with E-state index in [9.17, 15) is 0 Å². The highest BCUT2D eigenvalue weighted by Crippen LogP contribution is 2.21. The van der Waals surface area contributed by atoms with Gasteiger partial charge in [-0.3, -0.25) is 10.6 Å². The van der Waals surface area contributed by atoms with Crippen molar-refractivity contribution in [2.45, 2.75) is 12.8 Å². The summed E-state index contributed by atoms with van der Waals surface area (Å²) in [6, 6.07) is 2.05. The highest BCUT2D eigenvalue weighted by atomic mass is 32.1. The predicted molar refractivity (Wildman–Crippen MR) is 55.7 cm³/mol. The molecule has 4 heteroatoms. The SMILES string of the molecule is CCOC(NC)(NC)c1ccsc1. The third kappa shape index (κ3) is 2.08. The Kier molecular flexibility index (Phi) is 3.87. The third-order valence-electron chi connectivity index (χ3n) is 1.99. The van der Waals surface area contributed by atoms with Gasteiger partial charge in [-0.25, -0.2) is 0 Å². The minimum Gasteiger partial charge on any atom is -0.344 e. The van der Waals surface area contributed by atoms with E-state index in [1.54, 1.807) is 11.3 Å². The molecule has 2 N–H and O–H groups in total. The molecule has 0 unspecified atom stereocenters. The molecule has 3 nitrogen and oxygen atoms in total. The number of thiophene rings is 1. The lowest BCUT2D eigenvalue weighted by Gasteiger charge is -2.32. The van der Waals surface area contributed by atoms with E-state index >= 15 is 0 Å². The molecule has 0 aliphatic heterocycles. The third-order valence-corrected chi connectivity index (χ3v) is 2.68. The quantitative estimate of drug-likeness (QED) is 0.704.